The van der Waals surface area contributed by atoms with Crippen LogP contribution >= 0.6 is 0 Å². The summed E-state index contributed by atoms with van der Waals surface area (Å²) in [4.78, 5) is 15.7. The molecule has 0 spiro atoms. The first-order chi connectivity index (χ1) is 7.77. The largest absolute Gasteiger partial charge is 0.449 e. The van der Waals surface area contributed by atoms with E-state index in [1.807, 2.05) is 32.0 Å². The van der Waals surface area contributed by atoms with Gasteiger partial charge in [-0.2, -0.15) is 0 Å². The maximum atomic E-state index is 11.7. The van der Waals surface area contributed by atoms with Gasteiger partial charge in [-0.05, 0) is 0 Å². The summed E-state index contributed by atoms with van der Waals surface area (Å²) < 4.78 is 4.98. The second kappa shape index (κ2) is 5.85. The summed E-state index contributed by atoms with van der Waals surface area (Å²) in [5.41, 5.74) is 0.981. The lowest BCUT2D eigenvalue weighted by Crippen LogP contribution is -2.00. The maximum absolute atomic E-state index is 11.7. The number of oxazole rings is 1. The molecule has 0 bridgehead atoms. The molecule has 0 amide bonds. The topological polar surface area (TPSA) is 43.1 Å². The fourth-order valence-electron chi connectivity index (χ4n) is 1.21. The molecule has 0 aliphatic heterocycles. The number of carbonyl (C=O) groups is 1. The fourth-order valence-corrected chi connectivity index (χ4v) is 1.21. The van der Waals surface area contributed by atoms with E-state index in [0.717, 1.165) is 0 Å². The lowest BCUT2D eigenvalue weighted by atomic mass is 10.1. The van der Waals surface area contributed by atoms with Crippen LogP contribution in [0.15, 0.2) is 41.0 Å². The number of nitrogens with zero attached hydrogens (tertiary/aromatic N) is 1. The minimum absolute atomic E-state index is 0.109. The van der Waals surface area contributed by atoms with Gasteiger partial charge in [-0.1, -0.05) is 44.2 Å². The Labute approximate surface area is 95.1 Å². The van der Waals surface area contributed by atoms with Gasteiger partial charge in [0, 0.05) is 12.5 Å². The first kappa shape index (κ1) is 12.2. The van der Waals surface area contributed by atoms with Crippen molar-refractivity contribution in [2.45, 2.75) is 20.8 Å². The lowest BCUT2D eigenvalue weighted by molar-refractivity contribution is 0.103. The molecule has 2 rings (SSSR count). The van der Waals surface area contributed by atoms with Gasteiger partial charge in [0.1, 0.15) is 12.0 Å². The second-order valence-corrected chi connectivity index (χ2v) is 2.95. The van der Waals surface area contributed by atoms with Crippen molar-refractivity contribution < 1.29 is 9.21 Å². The molecular weight excluding hydrogens is 202 g/mol. The van der Waals surface area contributed by atoms with E-state index in [9.17, 15) is 4.79 Å². The number of aryl methyl sites for hydroxylation is 1. The Bertz CT molecular complexity index is 446. The number of rotatable bonds is 2. The third-order valence-electron chi connectivity index (χ3n) is 1.89. The van der Waals surface area contributed by atoms with Crippen LogP contribution in [-0.4, -0.2) is 10.8 Å². The van der Waals surface area contributed by atoms with Gasteiger partial charge in [-0.15, -0.1) is 0 Å². The highest BCUT2D eigenvalue weighted by molar-refractivity contribution is 6.07. The zero-order valence-electron chi connectivity index (χ0n) is 9.73. The van der Waals surface area contributed by atoms with Crippen molar-refractivity contribution in [3.05, 3.63) is 53.7 Å². The smallest absolute Gasteiger partial charge is 0.214 e. The molecule has 0 saturated heterocycles. The van der Waals surface area contributed by atoms with E-state index in [1.54, 1.807) is 19.1 Å². The predicted octanol–water partition coefficient (Wildman–Crippen LogP) is 3.24. The van der Waals surface area contributed by atoms with E-state index in [2.05, 4.69) is 4.98 Å². The van der Waals surface area contributed by atoms with Crippen LogP contribution in [0.2, 0.25) is 0 Å². The van der Waals surface area contributed by atoms with Crippen molar-refractivity contribution in [2.24, 2.45) is 0 Å². The first-order valence-corrected chi connectivity index (χ1v) is 5.29. The summed E-state index contributed by atoms with van der Waals surface area (Å²) in [6.07, 6.45) is 1.38. The average molecular weight is 217 g/mol. The van der Waals surface area contributed by atoms with Gasteiger partial charge in [0.25, 0.3) is 0 Å². The maximum Gasteiger partial charge on any atom is 0.214 e. The molecule has 0 saturated carbocycles. The summed E-state index contributed by atoms with van der Waals surface area (Å²) in [5, 5.41) is 0. The molecule has 0 N–H and O–H groups in total. The second-order valence-electron chi connectivity index (χ2n) is 2.95. The van der Waals surface area contributed by atoms with E-state index in [1.165, 1.54) is 6.26 Å². The molecule has 84 valence electrons. The molecule has 0 radical (unpaired) electrons. The number of ketones is 1. The van der Waals surface area contributed by atoms with Crippen LogP contribution in [0.25, 0.3) is 0 Å². The van der Waals surface area contributed by atoms with E-state index in [-0.39, 0.29) is 5.78 Å². The Morgan fingerprint density at radius 1 is 1.19 bits per heavy atom. The van der Waals surface area contributed by atoms with Crippen LogP contribution in [0.4, 0.5) is 0 Å². The minimum atomic E-state index is -0.109. The molecule has 1 aromatic carbocycles. The first-order valence-electron chi connectivity index (χ1n) is 5.29. The van der Waals surface area contributed by atoms with Gasteiger partial charge in [-0.3, -0.25) is 4.79 Å². The number of benzene rings is 1. The quantitative estimate of drug-likeness (QED) is 0.725. The Hall–Kier alpha value is -1.90. The molecule has 2 aromatic rings. The summed E-state index contributed by atoms with van der Waals surface area (Å²) >= 11 is 0. The van der Waals surface area contributed by atoms with Crippen molar-refractivity contribution in [1.82, 2.24) is 4.98 Å². The molecule has 0 aliphatic rings. The number of hydrogen-bond acceptors (Lipinski definition) is 3. The highest BCUT2D eigenvalue weighted by Crippen LogP contribution is 2.08. The lowest BCUT2D eigenvalue weighted by Gasteiger charge is -1.94. The summed E-state index contributed by atoms with van der Waals surface area (Å²) in [6, 6.07) is 9.02. The van der Waals surface area contributed by atoms with Crippen LogP contribution in [0.5, 0.6) is 0 Å². The molecule has 0 fully saturated rings. The SMILES string of the molecule is CC.Cc1nc(C(=O)c2ccccc2)co1. The predicted molar refractivity (Wildman–Crippen MR) is 62.5 cm³/mol. The molecular formula is C13H15NO2. The normalized spacial score (nSPS) is 9.19. The zero-order valence-corrected chi connectivity index (χ0v) is 9.73. The Kier molecular flexibility index (Phi) is 4.45. The molecule has 0 aliphatic carbocycles. The standard InChI is InChI=1S/C11H9NO2.C2H6/c1-8-12-10(7-14-8)11(13)9-5-3-2-4-6-9;1-2/h2-7H,1H3;1-2H3. The van der Waals surface area contributed by atoms with Crippen LogP contribution in [0.3, 0.4) is 0 Å². The highest BCUT2D eigenvalue weighted by Gasteiger charge is 2.11. The van der Waals surface area contributed by atoms with Gasteiger partial charge < -0.3 is 4.42 Å². The van der Waals surface area contributed by atoms with Gasteiger partial charge in [0.2, 0.25) is 5.78 Å². The van der Waals surface area contributed by atoms with Crippen LogP contribution < -0.4 is 0 Å². The molecule has 16 heavy (non-hydrogen) atoms. The van der Waals surface area contributed by atoms with Gasteiger partial charge >= 0.3 is 0 Å². The van der Waals surface area contributed by atoms with Gasteiger partial charge in [0.15, 0.2) is 5.89 Å². The molecule has 3 heteroatoms. The van der Waals surface area contributed by atoms with Crippen LogP contribution in [0, 0.1) is 6.92 Å². The average Bonchev–Trinajstić information content (AvgIpc) is 2.79. The molecule has 1 aromatic heterocycles. The molecule has 0 atom stereocenters. The summed E-state index contributed by atoms with van der Waals surface area (Å²) in [5.74, 6) is 0.395. The highest BCUT2D eigenvalue weighted by atomic mass is 16.3. The van der Waals surface area contributed by atoms with Crippen LogP contribution in [-0.2, 0) is 0 Å². The fraction of sp³-hybridized carbons (Fsp3) is 0.231. The third-order valence-corrected chi connectivity index (χ3v) is 1.89. The van der Waals surface area contributed by atoms with Crippen molar-refractivity contribution in [1.29, 1.82) is 0 Å². The molecule has 1 heterocycles. The number of aromatic nitrogens is 1. The molecule has 0 unspecified atom stereocenters. The van der Waals surface area contributed by atoms with E-state index in [0.29, 0.717) is 17.1 Å². The zero-order chi connectivity index (χ0) is 12.0. The molecule has 3 nitrogen and oxygen atoms in total. The monoisotopic (exact) mass is 217 g/mol. The number of carbonyl (C=O) groups excluding carboxylic acids is 1. The Morgan fingerprint density at radius 3 is 2.31 bits per heavy atom. The van der Waals surface area contributed by atoms with E-state index in [4.69, 9.17) is 4.42 Å². The van der Waals surface area contributed by atoms with E-state index < -0.39 is 0 Å². The minimum Gasteiger partial charge on any atom is -0.449 e. The van der Waals surface area contributed by atoms with Gasteiger partial charge in [-0.25, -0.2) is 4.98 Å². The Morgan fingerprint density at radius 2 is 1.81 bits per heavy atom. The van der Waals surface area contributed by atoms with Crippen molar-refractivity contribution in [3.63, 3.8) is 0 Å². The van der Waals surface area contributed by atoms with E-state index >= 15 is 0 Å². The number of hydrogen-bond donors (Lipinski definition) is 0. The summed E-state index contributed by atoms with van der Waals surface area (Å²) in [6.45, 7) is 5.71. The third kappa shape index (κ3) is 2.79. The summed E-state index contributed by atoms with van der Waals surface area (Å²) in [7, 11) is 0. The van der Waals surface area contributed by atoms with Crippen LogP contribution in [0.1, 0.15) is 35.8 Å². The Balaban J connectivity index is 0.000000606. The van der Waals surface area contributed by atoms with Crippen molar-refractivity contribution in [3.8, 4) is 0 Å². The van der Waals surface area contributed by atoms with Crippen molar-refractivity contribution >= 4 is 5.78 Å². The van der Waals surface area contributed by atoms with Crippen molar-refractivity contribution in [2.75, 3.05) is 0 Å². The van der Waals surface area contributed by atoms with Gasteiger partial charge in [0.05, 0.1) is 0 Å².